The van der Waals surface area contributed by atoms with Crippen molar-refractivity contribution in [3.05, 3.63) is 66.0 Å². The van der Waals surface area contributed by atoms with Gasteiger partial charge in [-0.1, -0.05) is 54.2 Å². The molecule has 8 heteroatoms. The quantitative estimate of drug-likeness (QED) is 0.522. The Morgan fingerprint density at radius 3 is 2.61 bits per heavy atom. The molecule has 31 heavy (non-hydrogen) atoms. The highest BCUT2D eigenvalue weighted by molar-refractivity contribution is 8.00. The standard InChI is InChI=1S/C23H26N4O3S/c1-4-27(14-17-10-6-5-7-11-17)22(28)16(2)31-23-25-24-21(26(23)3)20-15-29-18-12-8-9-13-19(18)30-20/h5-13,16,20H,4,14-15H2,1-3H3/t16-,20-/m0/s1. The van der Waals surface area contributed by atoms with Crippen molar-refractivity contribution < 1.29 is 14.3 Å². The molecule has 2 atom stereocenters. The summed E-state index contributed by atoms with van der Waals surface area (Å²) in [5.74, 6) is 2.17. The van der Waals surface area contributed by atoms with Gasteiger partial charge < -0.3 is 18.9 Å². The number of hydrogen-bond acceptors (Lipinski definition) is 6. The van der Waals surface area contributed by atoms with E-state index in [1.807, 2.05) is 85.0 Å². The van der Waals surface area contributed by atoms with Gasteiger partial charge in [-0.2, -0.15) is 0 Å². The van der Waals surface area contributed by atoms with Crippen molar-refractivity contribution in [2.24, 2.45) is 7.05 Å². The molecule has 0 saturated heterocycles. The maximum atomic E-state index is 13.0. The molecule has 4 rings (SSSR count). The van der Waals surface area contributed by atoms with Crippen LogP contribution in [0, 0.1) is 0 Å². The van der Waals surface area contributed by atoms with Gasteiger partial charge in [0, 0.05) is 20.1 Å². The number of para-hydroxylation sites is 2. The van der Waals surface area contributed by atoms with Gasteiger partial charge in [-0.3, -0.25) is 4.79 Å². The zero-order valence-electron chi connectivity index (χ0n) is 17.9. The SMILES string of the molecule is CCN(Cc1ccccc1)C(=O)[C@H](C)Sc1nnc([C@@H]2COc3ccccc3O2)n1C. The number of ether oxygens (including phenoxy) is 2. The lowest BCUT2D eigenvalue weighted by atomic mass is 10.2. The van der Waals surface area contributed by atoms with Crippen molar-refractivity contribution >= 4 is 17.7 Å². The highest BCUT2D eigenvalue weighted by Crippen LogP contribution is 2.36. The molecule has 1 amide bonds. The molecule has 1 aliphatic heterocycles. The predicted octanol–water partition coefficient (Wildman–Crippen LogP) is 3.86. The summed E-state index contributed by atoms with van der Waals surface area (Å²) < 4.78 is 13.7. The van der Waals surface area contributed by atoms with Crippen LogP contribution in [0.5, 0.6) is 11.5 Å². The van der Waals surface area contributed by atoms with Crippen LogP contribution in [0.25, 0.3) is 0 Å². The first-order valence-corrected chi connectivity index (χ1v) is 11.2. The summed E-state index contributed by atoms with van der Waals surface area (Å²) in [6.45, 7) is 5.51. The van der Waals surface area contributed by atoms with Crippen LogP contribution in [0.2, 0.25) is 0 Å². The second kappa shape index (κ2) is 9.43. The molecular weight excluding hydrogens is 412 g/mol. The number of thioether (sulfide) groups is 1. The fourth-order valence-electron chi connectivity index (χ4n) is 3.47. The number of carbonyl (C=O) groups is 1. The van der Waals surface area contributed by atoms with E-state index in [9.17, 15) is 4.79 Å². The Kier molecular flexibility index (Phi) is 6.46. The number of aromatic nitrogens is 3. The lowest BCUT2D eigenvalue weighted by Gasteiger charge is -2.26. The summed E-state index contributed by atoms with van der Waals surface area (Å²) in [5.41, 5.74) is 1.12. The van der Waals surface area contributed by atoms with Gasteiger partial charge in [0.05, 0.1) is 5.25 Å². The van der Waals surface area contributed by atoms with E-state index in [0.29, 0.717) is 36.4 Å². The molecule has 2 heterocycles. The third-order valence-electron chi connectivity index (χ3n) is 5.20. The molecule has 2 aromatic carbocycles. The Hall–Kier alpha value is -3.00. The lowest BCUT2D eigenvalue weighted by Crippen LogP contribution is -2.36. The van der Waals surface area contributed by atoms with Gasteiger partial charge >= 0.3 is 0 Å². The van der Waals surface area contributed by atoms with Gasteiger partial charge in [0.2, 0.25) is 5.91 Å². The summed E-state index contributed by atoms with van der Waals surface area (Å²) in [6.07, 6.45) is -0.349. The van der Waals surface area contributed by atoms with E-state index in [1.54, 1.807) is 0 Å². The van der Waals surface area contributed by atoms with Crippen LogP contribution in [0.4, 0.5) is 0 Å². The molecule has 0 aliphatic carbocycles. The highest BCUT2D eigenvalue weighted by atomic mass is 32.2. The zero-order chi connectivity index (χ0) is 21.8. The highest BCUT2D eigenvalue weighted by Gasteiger charge is 2.29. The average Bonchev–Trinajstić information content (AvgIpc) is 3.17. The fourth-order valence-corrected chi connectivity index (χ4v) is 4.38. The van der Waals surface area contributed by atoms with Crippen LogP contribution in [-0.2, 0) is 18.4 Å². The van der Waals surface area contributed by atoms with Crippen molar-refractivity contribution in [3.8, 4) is 11.5 Å². The minimum absolute atomic E-state index is 0.0760. The van der Waals surface area contributed by atoms with E-state index < -0.39 is 0 Å². The third-order valence-corrected chi connectivity index (χ3v) is 6.33. The second-order valence-corrected chi connectivity index (χ2v) is 8.67. The van der Waals surface area contributed by atoms with Crippen molar-refractivity contribution in [3.63, 3.8) is 0 Å². The Morgan fingerprint density at radius 2 is 1.87 bits per heavy atom. The Bertz CT molecular complexity index is 1040. The van der Waals surface area contributed by atoms with Crippen LogP contribution in [0.3, 0.4) is 0 Å². The zero-order valence-corrected chi connectivity index (χ0v) is 18.7. The maximum absolute atomic E-state index is 13.0. The first kappa shape index (κ1) is 21.2. The number of carbonyl (C=O) groups excluding carboxylic acids is 1. The number of fused-ring (bicyclic) bond motifs is 1. The van der Waals surface area contributed by atoms with Crippen LogP contribution >= 0.6 is 11.8 Å². The summed E-state index contributed by atoms with van der Waals surface area (Å²) in [7, 11) is 1.89. The number of hydrogen-bond donors (Lipinski definition) is 0. The second-order valence-electron chi connectivity index (χ2n) is 7.36. The molecule has 1 aliphatic rings. The summed E-state index contributed by atoms with van der Waals surface area (Å²) in [4.78, 5) is 14.9. The minimum atomic E-state index is -0.349. The van der Waals surface area contributed by atoms with Gasteiger partial charge in [-0.15, -0.1) is 10.2 Å². The van der Waals surface area contributed by atoms with Crippen LogP contribution < -0.4 is 9.47 Å². The largest absolute Gasteiger partial charge is 0.485 e. The third kappa shape index (κ3) is 4.69. The summed E-state index contributed by atoms with van der Waals surface area (Å²) in [5, 5.41) is 9.01. The first-order chi connectivity index (χ1) is 15.1. The Morgan fingerprint density at radius 1 is 1.16 bits per heavy atom. The molecule has 0 N–H and O–H groups in total. The molecule has 0 spiro atoms. The molecule has 0 fully saturated rings. The van der Waals surface area contributed by atoms with Gasteiger partial charge in [-0.05, 0) is 31.5 Å². The van der Waals surface area contributed by atoms with E-state index in [4.69, 9.17) is 9.47 Å². The molecule has 7 nitrogen and oxygen atoms in total. The van der Waals surface area contributed by atoms with Crippen LogP contribution in [0.15, 0.2) is 59.8 Å². The first-order valence-electron chi connectivity index (χ1n) is 10.3. The summed E-state index contributed by atoms with van der Waals surface area (Å²) >= 11 is 1.40. The van der Waals surface area contributed by atoms with Gasteiger partial charge in [0.1, 0.15) is 6.61 Å². The van der Waals surface area contributed by atoms with Crippen LogP contribution in [-0.4, -0.2) is 44.0 Å². The molecule has 0 saturated carbocycles. The topological polar surface area (TPSA) is 69.5 Å². The molecule has 0 unspecified atom stereocenters. The predicted molar refractivity (Wildman–Crippen MR) is 119 cm³/mol. The minimum Gasteiger partial charge on any atom is -0.485 e. The molecular formula is C23H26N4O3S. The summed E-state index contributed by atoms with van der Waals surface area (Å²) in [6, 6.07) is 17.6. The van der Waals surface area contributed by atoms with Gasteiger partial charge in [0.25, 0.3) is 0 Å². The van der Waals surface area contributed by atoms with Gasteiger partial charge in [0.15, 0.2) is 28.6 Å². The van der Waals surface area contributed by atoms with Crippen molar-refractivity contribution in [2.45, 2.75) is 36.9 Å². The molecule has 1 aromatic heterocycles. The Balaban J connectivity index is 1.42. The molecule has 0 bridgehead atoms. The lowest BCUT2D eigenvalue weighted by molar-refractivity contribution is -0.130. The fraction of sp³-hybridized carbons (Fsp3) is 0.348. The smallest absolute Gasteiger partial charge is 0.236 e. The maximum Gasteiger partial charge on any atom is 0.236 e. The average molecular weight is 439 g/mol. The van der Waals surface area contributed by atoms with E-state index >= 15 is 0 Å². The molecule has 0 radical (unpaired) electrons. The molecule has 3 aromatic rings. The van der Waals surface area contributed by atoms with Crippen molar-refractivity contribution in [1.82, 2.24) is 19.7 Å². The number of amides is 1. The molecule has 162 valence electrons. The van der Waals surface area contributed by atoms with E-state index in [2.05, 4.69) is 10.2 Å². The normalized spacial score (nSPS) is 16.0. The number of nitrogens with zero attached hydrogens (tertiary/aromatic N) is 4. The van der Waals surface area contributed by atoms with Crippen molar-refractivity contribution in [1.29, 1.82) is 0 Å². The van der Waals surface area contributed by atoms with E-state index in [-0.39, 0.29) is 17.3 Å². The monoisotopic (exact) mass is 438 g/mol. The Labute approximate surface area is 186 Å². The van der Waals surface area contributed by atoms with E-state index in [0.717, 1.165) is 11.3 Å². The number of rotatable bonds is 7. The van der Waals surface area contributed by atoms with Crippen molar-refractivity contribution in [2.75, 3.05) is 13.2 Å². The van der Waals surface area contributed by atoms with Gasteiger partial charge in [-0.25, -0.2) is 0 Å². The van der Waals surface area contributed by atoms with E-state index in [1.165, 1.54) is 11.8 Å². The number of benzene rings is 2. The van der Waals surface area contributed by atoms with Crippen LogP contribution in [0.1, 0.15) is 31.3 Å².